The second-order valence-corrected chi connectivity index (χ2v) is 8.81. The van der Waals surface area contributed by atoms with Crippen LogP contribution in [0.2, 0.25) is 0 Å². The smallest absolute Gasteiger partial charge is 0.410 e. The zero-order valence-electron chi connectivity index (χ0n) is 23.6. The Balaban J connectivity index is 3.86. The maximum Gasteiger partial charge on any atom is 0.410 e. The van der Waals surface area contributed by atoms with Crippen molar-refractivity contribution in [2.75, 3.05) is 132 Å². The normalized spacial score (nSPS) is 11.7. The van der Waals surface area contributed by atoms with E-state index in [2.05, 4.69) is 0 Å². The Morgan fingerprint density at radius 1 is 0.500 bits per heavy atom. The fraction of sp³-hybridized carbons (Fsp3) is 0.960. The summed E-state index contributed by atoms with van der Waals surface area (Å²) in [6.07, 6.45) is -0.419. The molecule has 0 unspecified atom stereocenters. The van der Waals surface area contributed by atoms with Crippen molar-refractivity contribution >= 4 is 6.09 Å². The van der Waals surface area contributed by atoms with Gasteiger partial charge in [-0.2, -0.15) is 0 Å². The van der Waals surface area contributed by atoms with Crippen LogP contribution in [0.25, 0.3) is 0 Å². The van der Waals surface area contributed by atoms with Crippen molar-refractivity contribution in [3.63, 3.8) is 0 Å². The molecule has 0 aromatic rings. The van der Waals surface area contributed by atoms with Crippen LogP contribution < -0.4 is 0 Å². The molecule has 0 bridgehead atoms. The number of ether oxygens (including phenoxy) is 9. The van der Waals surface area contributed by atoms with Gasteiger partial charge in [-0.15, -0.1) is 0 Å². The van der Waals surface area contributed by atoms with E-state index < -0.39 is 11.7 Å². The number of carbonyl (C=O) groups excluding carboxylic acids is 1. The molecule has 0 rings (SSSR count). The van der Waals surface area contributed by atoms with Crippen LogP contribution in [0.1, 0.15) is 20.8 Å². The molecule has 0 aromatic heterocycles. The minimum Gasteiger partial charge on any atom is -0.444 e. The van der Waals surface area contributed by atoms with Crippen LogP contribution in [-0.4, -0.2) is 159 Å². The van der Waals surface area contributed by atoms with Gasteiger partial charge in [0.15, 0.2) is 0 Å². The predicted molar refractivity (Wildman–Crippen MR) is 139 cm³/mol. The van der Waals surface area contributed by atoms with Crippen molar-refractivity contribution in [3.05, 3.63) is 0 Å². The van der Waals surface area contributed by atoms with E-state index in [0.717, 1.165) is 0 Å². The third kappa shape index (κ3) is 27.9. The molecule has 38 heavy (non-hydrogen) atoms. The Bertz CT molecular complexity index is 477. The highest BCUT2D eigenvalue weighted by Crippen LogP contribution is 2.10. The predicted octanol–water partition coefficient (Wildman–Crippen LogP) is 0.341. The number of hydrogen-bond donors (Lipinski definition) is 2. The Kier molecular flexibility index (Phi) is 26.6. The van der Waals surface area contributed by atoms with E-state index in [-0.39, 0.29) is 13.2 Å². The Labute approximate surface area is 227 Å². The molecule has 0 atom stereocenters. The van der Waals surface area contributed by atoms with Crippen LogP contribution in [0.15, 0.2) is 0 Å². The first-order valence-corrected chi connectivity index (χ1v) is 13.2. The van der Waals surface area contributed by atoms with Gasteiger partial charge in [0.05, 0.1) is 119 Å². The fourth-order valence-electron chi connectivity index (χ4n) is 2.62. The van der Waals surface area contributed by atoms with Gasteiger partial charge in [0.1, 0.15) is 5.60 Å². The Hall–Kier alpha value is -1.13. The largest absolute Gasteiger partial charge is 0.444 e. The van der Waals surface area contributed by atoms with Crippen molar-refractivity contribution in [3.8, 4) is 0 Å². The van der Waals surface area contributed by atoms with Crippen LogP contribution in [0.3, 0.4) is 0 Å². The van der Waals surface area contributed by atoms with Gasteiger partial charge in [-0.05, 0) is 20.8 Å². The standard InChI is InChI=1S/C25H51NO12/c1-25(2,3)38-24(29)26(4-8-30-12-16-34-20-22-36-18-14-32-10-6-27)5-9-31-13-17-35-21-23-37-19-15-33-11-7-28/h27-28H,4-23H2,1-3H3. The number of rotatable bonds is 28. The van der Waals surface area contributed by atoms with Gasteiger partial charge in [0.2, 0.25) is 0 Å². The Morgan fingerprint density at radius 3 is 1.03 bits per heavy atom. The van der Waals surface area contributed by atoms with Gasteiger partial charge in [0.25, 0.3) is 0 Å². The summed E-state index contributed by atoms with van der Waals surface area (Å²) in [6.45, 7) is 12.7. The average Bonchev–Trinajstić information content (AvgIpc) is 2.87. The van der Waals surface area contributed by atoms with Crippen molar-refractivity contribution in [2.45, 2.75) is 26.4 Å². The number of amides is 1. The lowest BCUT2D eigenvalue weighted by molar-refractivity contribution is -0.0161. The summed E-state index contributed by atoms with van der Waals surface area (Å²) >= 11 is 0. The van der Waals surface area contributed by atoms with Crippen molar-refractivity contribution < 1.29 is 57.6 Å². The molecule has 0 fully saturated rings. The summed E-state index contributed by atoms with van der Waals surface area (Å²) in [6, 6.07) is 0. The van der Waals surface area contributed by atoms with Gasteiger partial charge in [-0.1, -0.05) is 0 Å². The maximum absolute atomic E-state index is 12.5. The highest BCUT2D eigenvalue weighted by Gasteiger charge is 2.21. The van der Waals surface area contributed by atoms with Crippen molar-refractivity contribution in [2.24, 2.45) is 0 Å². The molecule has 0 spiro atoms. The second kappa shape index (κ2) is 27.4. The maximum atomic E-state index is 12.5. The molecule has 13 nitrogen and oxygen atoms in total. The van der Waals surface area contributed by atoms with Crippen molar-refractivity contribution in [1.29, 1.82) is 0 Å². The molecule has 13 heteroatoms. The summed E-state index contributed by atoms with van der Waals surface area (Å²) in [4.78, 5) is 14.1. The van der Waals surface area contributed by atoms with Crippen LogP contribution >= 0.6 is 0 Å². The minimum atomic E-state index is -0.598. The van der Waals surface area contributed by atoms with E-state index >= 15 is 0 Å². The molecule has 1 amide bonds. The van der Waals surface area contributed by atoms with Crippen LogP contribution in [0.4, 0.5) is 4.79 Å². The monoisotopic (exact) mass is 557 g/mol. The fourth-order valence-corrected chi connectivity index (χ4v) is 2.62. The minimum absolute atomic E-state index is 0.00451. The summed E-state index contributed by atoms with van der Waals surface area (Å²) < 4.78 is 48.4. The van der Waals surface area contributed by atoms with Crippen molar-refractivity contribution in [1.82, 2.24) is 4.90 Å². The molecule has 2 N–H and O–H groups in total. The van der Waals surface area contributed by atoms with Gasteiger partial charge in [-0.25, -0.2) is 4.79 Å². The molecule has 0 aromatic carbocycles. The topological polar surface area (TPSA) is 144 Å². The van der Waals surface area contributed by atoms with Crippen LogP contribution in [-0.2, 0) is 42.6 Å². The number of aliphatic hydroxyl groups is 2. The van der Waals surface area contributed by atoms with E-state index in [4.69, 9.17) is 52.8 Å². The summed E-state index contributed by atoms with van der Waals surface area (Å²) in [7, 11) is 0. The quantitative estimate of drug-likeness (QED) is 0.128. The molecular weight excluding hydrogens is 506 g/mol. The molecular formula is C25H51NO12. The molecule has 0 heterocycles. The lowest BCUT2D eigenvalue weighted by atomic mass is 10.2. The zero-order valence-corrected chi connectivity index (χ0v) is 23.6. The van der Waals surface area contributed by atoms with E-state index in [1.54, 1.807) is 4.90 Å². The molecule has 0 radical (unpaired) electrons. The summed E-state index contributed by atoms with van der Waals surface area (Å²) in [5, 5.41) is 17.2. The number of aliphatic hydroxyl groups excluding tert-OH is 2. The van der Waals surface area contributed by atoms with Gasteiger partial charge >= 0.3 is 6.09 Å². The highest BCUT2D eigenvalue weighted by atomic mass is 16.6. The number of carbonyl (C=O) groups is 1. The van der Waals surface area contributed by atoms with Gasteiger partial charge in [0, 0.05) is 13.1 Å². The molecule has 0 aliphatic heterocycles. The third-order valence-electron chi connectivity index (χ3n) is 4.37. The molecule has 228 valence electrons. The first kappa shape index (κ1) is 36.9. The average molecular weight is 558 g/mol. The molecule has 0 saturated carbocycles. The second-order valence-electron chi connectivity index (χ2n) is 8.81. The lowest BCUT2D eigenvalue weighted by Crippen LogP contribution is -2.40. The van der Waals surface area contributed by atoms with E-state index in [0.29, 0.717) is 119 Å². The van der Waals surface area contributed by atoms with E-state index in [9.17, 15) is 4.79 Å². The lowest BCUT2D eigenvalue weighted by Gasteiger charge is -2.27. The van der Waals surface area contributed by atoms with E-state index in [1.807, 2.05) is 20.8 Å². The number of hydrogen-bond acceptors (Lipinski definition) is 12. The molecule has 0 saturated heterocycles. The highest BCUT2D eigenvalue weighted by molar-refractivity contribution is 5.68. The SMILES string of the molecule is CC(C)(C)OC(=O)N(CCOCCOCCOCCOCCO)CCOCCOCCOCCOCCO. The van der Waals surface area contributed by atoms with Crippen LogP contribution in [0.5, 0.6) is 0 Å². The molecule has 0 aliphatic carbocycles. The van der Waals surface area contributed by atoms with Gasteiger partial charge < -0.3 is 57.7 Å². The van der Waals surface area contributed by atoms with Gasteiger partial charge in [-0.3, -0.25) is 0 Å². The third-order valence-corrected chi connectivity index (χ3v) is 4.37. The van der Waals surface area contributed by atoms with E-state index in [1.165, 1.54) is 0 Å². The Morgan fingerprint density at radius 2 is 0.763 bits per heavy atom. The first-order chi connectivity index (χ1) is 18.4. The summed E-state index contributed by atoms with van der Waals surface area (Å²) in [5.41, 5.74) is -0.598. The molecule has 0 aliphatic rings. The summed E-state index contributed by atoms with van der Waals surface area (Å²) in [5.74, 6) is 0. The zero-order chi connectivity index (χ0) is 28.2. The number of nitrogens with zero attached hydrogens (tertiary/aromatic N) is 1. The first-order valence-electron chi connectivity index (χ1n) is 13.2. The van der Waals surface area contributed by atoms with Crippen LogP contribution in [0, 0.1) is 0 Å².